The molecule has 0 unspecified atom stereocenters. The van der Waals surface area contributed by atoms with Crippen LogP contribution in [0.1, 0.15) is 29.5 Å². The second-order valence-electron chi connectivity index (χ2n) is 12.8. The van der Waals surface area contributed by atoms with Crippen molar-refractivity contribution in [2.24, 2.45) is 27.9 Å². The fraction of sp³-hybridized carbons (Fsp3) is 0.225. The lowest BCUT2D eigenvalue weighted by Gasteiger charge is -2.25. The van der Waals surface area contributed by atoms with Crippen LogP contribution in [0.2, 0.25) is 0 Å². The number of aromatic amines is 1. The minimum Gasteiger partial charge on any atom is -0.370 e. The van der Waals surface area contributed by atoms with Gasteiger partial charge in [0.25, 0.3) is 0 Å². The van der Waals surface area contributed by atoms with Crippen LogP contribution in [0.4, 0.5) is 5.69 Å². The van der Waals surface area contributed by atoms with Gasteiger partial charge >= 0.3 is 0 Å². The lowest BCUT2D eigenvalue weighted by Crippen LogP contribution is -2.57. The number of nitrogens with zero attached hydrogens (tertiary/aromatic N) is 1. The molecule has 1 aromatic heterocycles. The van der Waals surface area contributed by atoms with Gasteiger partial charge in [-0.1, -0.05) is 84.9 Å². The van der Waals surface area contributed by atoms with Crippen LogP contribution in [-0.2, 0) is 38.4 Å². The number of nitrogens with two attached hydrogens (primary N) is 4. The molecule has 3 atom stereocenters. The first-order chi connectivity index (χ1) is 25.6. The molecule has 0 spiro atoms. The molecule has 4 aromatic carbocycles. The predicted octanol–water partition coefficient (Wildman–Crippen LogP) is 2.45. The van der Waals surface area contributed by atoms with Gasteiger partial charge in [-0.05, 0) is 59.0 Å². The fourth-order valence-electron chi connectivity index (χ4n) is 6.03. The highest BCUT2D eigenvalue weighted by atomic mass is 16.2. The van der Waals surface area contributed by atoms with Crippen LogP contribution in [0, 0.1) is 0 Å². The third kappa shape index (κ3) is 10.8. The van der Waals surface area contributed by atoms with Crippen molar-refractivity contribution >= 4 is 46.2 Å². The highest BCUT2D eigenvalue weighted by Gasteiger charge is 2.30. The molecule has 4 amide bonds. The maximum atomic E-state index is 14.1. The zero-order valence-electron chi connectivity index (χ0n) is 29.3. The number of carbonyl (C=O) groups is 4. The maximum absolute atomic E-state index is 14.1. The van der Waals surface area contributed by atoms with E-state index in [1.54, 1.807) is 30.5 Å². The summed E-state index contributed by atoms with van der Waals surface area (Å²) in [6, 6.07) is 28.7. The van der Waals surface area contributed by atoms with Crippen LogP contribution >= 0.6 is 0 Å². The number of benzene rings is 4. The Morgan fingerprint density at radius 2 is 1.21 bits per heavy atom. The lowest BCUT2D eigenvalue weighted by molar-refractivity contribution is -0.133. The van der Waals surface area contributed by atoms with Gasteiger partial charge in [0.15, 0.2) is 5.96 Å². The van der Waals surface area contributed by atoms with E-state index in [1.165, 1.54) is 0 Å². The summed E-state index contributed by atoms with van der Waals surface area (Å²) < 4.78 is 0. The smallest absolute Gasteiger partial charge is 0.243 e. The number of rotatable bonds is 17. The summed E-state index contributed by atoms with van der Waals surface area (Å²) in [4.78, 5) is 60.9. The fourth-order valence-corrected chi connectivity index (χ4v) is 6.03. The van der Waals surface area contributed by atoms with Crippen molar-refractivity contribution in [2.45, 2.75) is 50.2 Å². The van der Waals surface area contributed by atoms with Crippen molar-refractivity contribution in [3.05, 3.63) is 126 Å². The molecule has 12 N–H and O–H groups in total. The maximum Gasteiger partial charge on any atom is 0.243 e. The van der Waals surface area contributed by atoms with Crippen molar-refractivity contribution in [2.75, 3.05) is 6.54 Å². The summed E-state index contributed by atoms with van der Waals surface area (Å²) >= 11 is 0. The number of nitrogens with one attached hydrogen (secondary N) is 4. The molecule has 0 aliphatic rings. The average Bonchev–Trinajstić information content (AvgIpc) is 3.56. The Hall–Kier alpha value is -6.47. The summed E-state index contributed by atoms with van der Waals surface area (Å²) in [7, 11) is 0. The number of carbonyl (C=O) groups excluding carboxylic acids is 4. The van der Waals surface area contributed by atoms with Gasteiger partial charge < -0.3 is 43.9 Å². The molecule has 13 heteroatoms. The van der Waals surface area contributed by atoms with Crippen LogP contribution in [0.15, 0.2) is 114 Å². The van der Waals surface area contributed by atoms with Crippen molar-refractivity contribution in [1.82, 2.24) is 20.9 Å². The molecule has 5 rings (SSSR count). The monoisotopic (exact) mass is 715 g/mol. The van der Waals surface area contributed by atoms with E-state index in [4.69, 9.17) is 22.9 Å². The Labute approximate surface area is 307 Å². The highest BCUT2D eigenvalue weighted by Crippen LogP contribution is 2.22. The van der Waals surface area contributed by atoms with Crippen LogP contribution in [0.5, 0.6) is 0 Å². The quantitative estimate of drug-likeness (QED) is 0.0528. The molecule has 0 aliphatic carbocycles. The van der Waals surface area contributed by atoms with E-state index in [2.05, 4.69) is 25.9 Å². The SMILES string of the molecule is NCCCC(=O)N[C@@H](Cc1c[nH]c2ccccc12)C(=O)N[C@@H](Cc1ccc(-c2ccccc2)cc1)C(=O)N[C@@H](Cc1ccc(N=C(N)N)cc1)C(N)=O. The molecule has 0 bridgehead atoms. The Bertz CT molecular complexity index is 2040. The molecule has 13 nitrogen and oxygen atoms in total. The first kappa shape index (κ1) is 37.8. The molecule has 0 saturated carbocycles. The third-order valence-corrected chi connectivity index (χ3v) is 8.79. The van der Waals surface area contributed by atoms with E-state index in [0.29, 0.717) is 24.2 Å². The largest absolute Gasteiger partial charge is 0.370 e. The van der Waals surface area contributed by atoms with Crippen molar-refractivity contribution in [3.63, 3.8) is 0 Å². The minimum absolute atomic E-state index is 0.0794. The van der Waals surface area contributed by atoms with E-state index in [-0.39, 0.29) is 37.6 Å². The number of amides is 4. The van der Waals surface area contributed by atoms with E-state index >= 15 is 0 Å². The first-order valence-corrected chi connectivity index (χ1v) is 17.4. The molecular formula is C40H45N9O4. The number of H-pyrrole nitrogens is 1. The number of hydrogen-bond donors (Lipinski definition) is 8. The summed E-state index contributed by atoms with van der Waals surface area (Å²) in [5.41, 5.74) is 28.0. The second-order valence-corrected chi connectivity index (χ2v) is 12.8. The van der Waals surface area contributed by atoms with Gasteiger partial charge in [-0.3, -0.25) is 19.2 Å². The Morgan fingerprint density at radius 1 is 0.642 bits per heavy atom. The lowest BCUT2D eigenvalue weighted by atomic mass is 9.98. The number of guanidine groups is 1. The van der Waals surface area contributed by atoms with E-state index in [1.807, 2.05) is 78.9 Å². The first-order valence-electron chi connectivity index (χ1n) is 17.4. The molecule has 0 aliphatic heterocycles. The number of aromatic nitrogens is 1. The van der Waals surface area contributed by atoms with Crippen LogP contribution in [-0.4, -0.2) is 59.2 Å². The standard InChI is InChI=1S/C40H45N9O4/c41-20-6-11-36(50)47-35(23-29-24-45-32-10-5-4-9-31(29)32)39(53)49-34(22-25-12-16-28(17-13-25)27-7-2-1-3-8-27)38(52)48-33(37(42)51)21-26-14-18-30(19-15-26)46-40(43)44/h1-5,7-10,12-19,24,33-35,45H,6,11,20-23,41H2,(H2,42,51)(H,47,50)(H,48,52)(H,49,53)(H4,43,44,46)/t33-,34-,35-/m0/s1. The predicted molar refractivity (Wildman–Crippen MR) is 206 cm³/mol. The van der Waals surface area contributed by atoms with Crippen LogP contribution < -0.4 is 38.9 Å². The summed E-state index contributed by atoms with van der Waals surface area (Å²) in [5.74, 6) is -2.38. The Balaban J connectivity index is 1.40. The van der Waals surface area contributed by atoms with Crippen LogP contribution in [0.25, 0.3) is 22.0 Å². The number of aliphatic imine (C=N–C) groups is 1. The van der Waals surface area contributed by atoms with Gasteiger partial charge in [-0.2, -0.15) is 0 Å². The molecule has 1 heterocycles. The number of hydrogen-bond acceptors (Lipinski definition) is 6. The number of fused-ring (bicyclic) bond motifs is 1. The van der Waals surface area contributed by atoms with Crippen molar-refractivity contribution in [1.29, 1.82) is 0 Å². The zero-order valence-corrected chi connectivity index (χ0v) is 29.3. The van der Waals surface area contributed by atoms with Gasteiger partial charge in [0.05, 0.1) is 5.69 Å². The highest BCUT2D eigenvalue weighted by molar-refractivity contribution is 5.95. The molecule has 0 fully saturated rings. The molecule has 274 valence electrons. The molecule has 5 aromatic rings. The normalized spacial score (nSPS) is 12.6. The number of para-hydroxylation sites is 1. The summed E-state index contributed by atoms with van der Waals surface area (Å²) in [6.07, 6.45) is 2.71. The van der Waals surface area contributed by atoms with E-state index in [0.717, 1.165) is 33.2 Å². The van der Waals surface area contributed by atoms with Gasteiger partial charge in [-0.15, -0.1) is 0 Å². The van der Waals surface area contributed by atoms with Crippen LogP contribution in [0.3, 0.4) is 0 Å². The molecular weight excluding hydrogens is 670 g/mol. The molecule has 53 heavy (non-hydrogen) atoms. The topological polar surface area (TPSA) is 237 Å². The second kappa shape index (κ2) is 18.1. The summed E-state index contributed by atoms with van der Waals surface area (Å²) in [6.45, 7) is 0.319. The number of primary amides is 1. The van der Waals surface area contributed by atoms with Gasteiger partial charge in [-0.25, -0.2) is 4.99 Å². The van der Waals surface area contributed by atoms with E-state index in [9.17, 15) is 19.2 Å². The average molecular weight is 716 g/mol. The van der Waals surface area contributed by atoms with Crippen molar-refractivity contribution < 1.29 is 19.2 Å². The van der Waals surface area contributed by atoms with Gasteiger partial charge in [0.2, 0.25) is 23.6 Å². The summed E-state index contributed by atoms with van der Waals surface area (Å²) in [5, 5.41) is 9.38. The Morgan fingerprint density at radius 3 is 1.85 bits per heavy atom. The molecule has 0 saturated heterocycles. The van der Waals surface area contributed by atoms with Gasteiger partial charge in [0.1, 0.15) is 18.1 Å². The van der Waals surface area contributed by atoms with E-state index < -0.39 is 35.8 Å². The zero-order chi connectivity index (χ0) is 37.7. The third-order valence-electron chi connectivity index (χ3n) is 8.79. The Kier molecular flexibility index (Phi) is 12.9. The molecule has 0 radical (unpaired) electrons. The minimum atomic E-state index is -1.14. The van der Waals surface area contributed by atoms with Gasteiger partial charge in [0, 0.05) is 42.8 Å². The van der Waals surface area contributed by atoms with Crippen molar-refractivity contribution in [3.8, 4) is 11.1 Å².